The highest BCUT2D eigenvalue weighted by atomic mass is 16.2. The smallest absolute Gasteiger partial charge is 0.226 e. The summed E-state index contributed by atoms with van der Waals surface area (Å²) in [6, 6.07) is 5.47. The van der Waals surface area contributed by atoms with Crippen molar-refractivity contribution in [2.24, 2.45) is 5.92 Å². The van der Waals surface area contributed by atoms with Gasteiger partial charge >= 0.3 is 0 Å². The maximum Gasteiger partial charge on any atom is 0.226 e. The Labute approximate surface area is 108 Å². The van der Waals surface area contributed by atoms with Gasteiger partial charge in [0.15, 0.2) is 0 Å². The lowest BCUT2D eigenvalue weighted by Gasteiger charge is -2.14. The number of carbonyl (C=O) groups is 2. The summed E-state index contributed by atoms with van der Waals surface area (Å²) in [5.41, 5.74) is 2.35. The first-order valence-electron chi connectivity index (χ1n) is 6.16. The molecule has 0 spiro atoms. The molecule has 2 N–H and O–H groups in total. The van der Waals surface area contributed by atoms with Crippen molar-refractivity contribution >= 4 is 23.2 Å². The SMILES string of the molecule is CCC(=O)Nc1cccc(NC(=O)C(C)C)c1C. The first-order chi connectivity index (χ1) is 8.45. The molecule has 1 rings (SSSR count). The van der Waals surface area contributed by atoms with Crippen molar-refractivity contribution in [3.8, 4) is 0 Å². The molecule has 0 aliphatic heterocycles. The molecule has 0 unspecified atom stereocenters. The first-order valence-corrected chi connectivity index (χ1v) is 6.16. The fraction of sp³-hybridized carbons (Fsp3) is 0.429. The zero-order valence-corrected chi connectivity index (χ0v) is 11.3. The second kappa shape index (κ2) is 6.19. The van der Waals surface area contributed by atoms with E-state index in [1.807, 2.05) is 39.0 Å². The summed E-state index contributed by atoms with van der Waals surface area (Å²) in [6.45, 7) is 7.36. The van der Waals surface area contributed by atoms with Gasteiger partial charge in [0, 0.05) is 23.7 Å². The van der Waals surface area contributed by atoms with Crippen LogP contribution in [-0.2, 0) is 9.59 Å². The maximum atomic E-state index is 11.7. The van der Waals surface area contributed by atoms with E-state index in [1.54, 1.807) is 6.92 Å². The third kappa shape index (κ3) is 3.58. The van der Waals surface area contributed by atoms with E-state index in [1.165, 1.54) is 0 Å². The molecule has 0 saturated carbocycles. The van der Waals surface area contributed by atoms with Gasteiger partial charge in [-0.1, -0.05) is 26.8 Å². The molecule has 4 nitrogen and oxygen atoms in total. The minimum atomic E-state index is -0.0710. The van der Waals surface area contributed by atoms with E-state index in [-0.39, 0.29) is 17.7 Å². The second-order valence-corrected chi connectivity index (χ2v) is 4.52. The predicted molar refractivity (Wildman–Crippen MR) is 73.6 cm³/mol. The van der Waals surface area contributed by atoms with Crippen LogP contribution in [0.3, 0.4) is 0 Å². The van der Waals surface area contributed by atoms with Crippen LogP contribution in [0, 0.1) is 12.8 Å². The summed E-state index contributed by atoms with van der Waals surface area (Å²) in [5.74, 6) is -0.138. The average molecular weight is 248 g/mol. The normalized spacial score (nSPS) is 10.3. The predicted octanol–water partition coefficient (Wildman–Crippen LogP) is 2.94. The molecule has 0 bridgehead atoms. The van der Waals surface area contributed by atoms with Gasteiger partial charge in [0.1, 0.15) is 0 Å². The molecule has 1 aromatic rings. The molecule has 0 radical (unpaired) electrons. The van der Waals surface area contributed by atoms with Gasteiger partial charge in [-0.25, -0.2) is 0 Å². The highest BCUT2D eigenvalue weighted by Gasteiger charge is 2.11. The lowest BCUT2D eigenvalue weighted by atomic mass is 10.1. The fourth-order valence-electron chi connectivity index (χ4n) is 1.42. The fourth-order valence-corrected chi connectivity index (χ4v) is 1.42. The Hall–Kier alpha value is -1.84. The second-order valence-electron chi connectivity index (χ2n) is 4.52. The van der Waals surface area contributed by atoms with Gasteiger partial charge in [-0.05, 0) is 24.6 Å². The molecule has 1 aromatic carbocycles. The van der Waals surface area contributed by atoms with Crippen LogP contribution < -0.4 is 10.6 Å². The number of hydrogen-bond acceptors (Lipinski definition) is 2. The maximum absolute atomic E-state index is 11.7. The zero-order chi connectivity index (χ0) is 13.7. The van der Waals surface area contributed by atoms with E-state index in [0.29, 0.717) is 6.42 Å². The Bertz CT molecular complexity index is 453. The number of anilines is 2. The van der Waals surface area contributed by atoms with Crippen LogP contribution >= 0.6 is 0 Å². The summed E-state index contributed by atoms with van der Waals surface area (Å²) in [7, 11) is 0. The molecule has 18 heavy (non-hydrogen) atoms. The third-order valence-electron chi connectivity index (χ3n) is 2.71. The van der Waals surface area contributed by atoms with Gasteiger partial charge in [-0.2, -0.15) is 0 Å². The Morgan fingerprint density at radius 2 is 1.72 bits per heavy atom. The molecular weight excluding hydrogens is 228 g/mol. The number of carbonyl (C=O) groups excluding carboxylic acids is 2. The molecule has 4 heteroatoms. The molecule has 0 heterocycles. The Kier molecular flexibility index (Phi) is 4.89. The summed E-state index contributed by atoms with van der Waals surface area (Å²) >= 11 is 0. The van der Waals surface area contributed by atoms with Crippen molar-refractivity contribution in [3.05, 3.63) is 23.8 Å². The van der Waals surface area contributed by atoms with Gasteiger partial charge in [0.2, 0.25) is 11.8 Å². The molecule has 0 atom stereocenters. The Balaban J connectivity index is 2.91. The minimum absolute atomic E-state index is 0.0305. The highest BCUT2D eigenvalue weighted by Crippen LogP contribution is 2.23. The van der Waals surface area contributed by atoms with Crippen LogP contribution in [-0.4, -0.2) is 11.8 Å². The summed E-state index contributed by atoms with van der Waals surface area (Å²) in [5, 5.41) is 5.66. The molecule has 98 valence electrons. The lowest BCUT2D eigenvalue weighted by Crippen LogP contribution is -2.19. The van der Waals surface area contributed by atoms with Gasteiger partial charge < -0.3 is 10.6 Å². The van der Waals surface area contributed by atoms with Crippen LogP contribution in [0.15, 0.2) is 18.2 Å². The van der Waals surface area contributed by atoms with Gasteiger partial charge in [-0.3, -0.25) is 9.59 Å². The molecule has 0 aromatic heterocycles. The quantitative estimate of drug-likeness (QED) is 0.860. The number of hydrogen-bond donors (Lipinski definition) is 2. The number of amides is 2. The molecular formula is C14H20N2O2. The van der Waals surface area contributed by atoms with Gasteiger partial charge in [0.25, 0.3) is 0 Å². The minimum Gasteiger partial charge on any atom is -0.326 e. The lowest BCUT2D eigenvalue weighted by molar-refractivity contribution is -0.119. The van der Waals surface area contributed by atoms with E-state index in [0.717, 1.165) is 16.9 Å². The summed E-state index contributed by atoms with van der Waals surface area (Å²) < 4.78 is 0. The van der Waals surface area contributed by atoms with Crippen LogP contribution in [0.25, 0.3) is 0 Å². The van der Waals surface area contributed by atoms with Gasteiger partial charge in [-0.15, -0.1) is 0 Å². The van der Waals surface area contributed by atoms with Crippen LogP contribution in [0.4, 0.5) is 11.4 Å². The summed E-state index contributed by atoms with van der Waals surface area (Å²) in [4.78, 5) is 23.0. The van der Waals surface area contributed by atoms with Crippen molar-refractivity contribution in [2.45, 2.75) is 34.1 Å². The number of benzene rings is 1. The zero-order valence-electron chi connectivity index (χ0n) is 11.3. The largest absolute Gasteiger partial charge is 0.326 e. The molecule has 0 fully saturated rings. The topological polar surface area (TPSA) is 58.2 Å². The van der Waals surface area contributed by atoms with Crippen LogP contribution in [0.5, 0.6) is 0 Å². The van der Waals surface area contributed by atoms with E-state index in [4.69, 9.17) is 0 Å². The average Bonchev–Trinajstić information content (AvgIpc) is 2.33. The van der Waals surface area contributed by atoms with Crippen molar-refractivity contribution in [3.63, 3.8) is 0 Å². The molecule has 0 aliphatic carbocycles. The van der Waals surface area contributed by atoms with Gasteiger partial charge in [0.05, 0.1) is 0 Å². The third-order valence-corrected chi connectivity index (χ3v) is 2.71. The highest BCUT2D eigenvalue weighted by molar-refractivity contribution is 5.96. The Morgan fingerprint density at radius 1 is 1.17 bits per heavy atom. The van der Waals surface area contributed by atoms with E-state index < -0.39 is 0 Å². The van der Waals surface area contributed by atoms with Crippen molar-refractivity contribution in [1.29, 1.82) is 0 Å². The molecule has 2 amide bonds. The molecule has 0 aliphatic rings. The van der Waals surface area contributed by atoms with E-state index in [2.05, 4.69) is 10.6 Å². The van der Waals surface area contributed by atoms with Crippen LogP contribution in [0.2, 0.25) is 0 Å². The monoisotopic (exact) mass is 248 g/mol. The van der Waals surface area contributed by atoms with Crippen molar-refractivity contribution < 1.29 is 9.59 Å². The van der Waals surface area contributed by atoms with E-state index in [9.17, 15) is 9.59 Å². The van der Waals surface area contributed by atoms with Crippen LogP contribution in [0.1, 0.15) is 32.8 Å². The number of nitrogens with one attached hydrogen (secondary N) is 2. The van der Waals surface area contributed by atoms with E-state index >= 15 is 0 Å². The first kappa shape index (κ1) is 14.2. The van der Waals surface area contributed by atoms with Crippen molar-refractivity contribution in [2.75, 3.05) is 10.6 Å². The summed E-state index contributed by atoms with van der Waals surface area (Å²) in [6.07, 6.45) is 0.433. The van der Waals surface area contributed by atoms with Crippen molar-refractivity contribution in [1.82, 2.24) is 0 Å². The molecule has 0 saturated heterocycles. The Morgan fingerprint density at radius 3 is 2.22 bits per heavy atom. The standard InChI is InChI=1S/C14H20N2O2/c1-5-13(17)15-11-7-6-8-12(10(11)4)16-14(18)9(2)3/h6-9H,5H2,1-4H3,(H,15,17)(H,16,18). The number of rotatable bonds is 4.